The highest BCUT2D eigenvalue weighted by atomic mass is 16.1. The smallest absolute Gasteiger partial charge is 0.152 e. The van der Waals surface area contributed by atoms with Crippen molar-refractivity contribution in [1.82, 2.24) is 9.55 Å². The van der Waals surface area contributed by atoms with E-state index in [1.165, 1.54) is 0 Å². The number of aryl methyl sites for hydroxylation is 1. The third kappa shape index (κ3) is 2.25. The number of nitrogens with zero attached hydrogens (tertiary/aromatic N) is 2. The Kier molecular flexibility index (Phi) is 3.34. The van der Waals surface area contributed by atoms with Crippen molar-refractivity contribution >= 4 is 16.8 Å². The van der Waals surface area contributed by atoms with Crippen molar-refractivity contribution in [2.24, 2.45) is 0 Å². The van der Waals surface area contributed by atoms with Crippen molar-refractivity contribution in [3.05, 3.63) is 54.1 Å². The summed E-state index contributed by atoms with van der Waals surface area (Å²) in [6.07, 6.45) is 0. The molecule has 106 valence electrons. The van der Waals surface area contributed by atoms with Gasteiger partial charge in [-0.15, -0.1) is 0 Å². The second kappa shape index (κ2) is 5.17. The predicted octanol–water partition coefficient (Wildman–Crippen LogP) is 4.16. The SMILES string of the molecule is CC(=O)C(C)n1c(-c2ccccc2C)nc2ccccc21. The van der Waals surface area contributed by atoms with Crippen molar-refractivity contribution in [2.75, 3.05) is 0 Å². The Labute approximate surface area is 124 Å². The maximum atomic E-state index is 11.9. The highest BCUT2D eigenvalue weighted by molar-refractivity contribution is 5.87. The Morgan fingerprint density at radius 3 is 2.48 bits per heavy atom. The number of rotatable bonds is 3. The molecular weight excluding hydrogens is 260 g/mol. The summed E-state index contributed by atoms with van der Waals surface area (Å²) in [6, 6.07) is 15.9. The van der Waals surface area contributed by atoms with Crippen LogP contribution in [0.5, 0.6) is 0 Å². The summed E-state index contributed by atoms with van der Waals surface area (Å²) in [6.45, 7) is 5.62. The Balaban J connectivity index is 2.34. The lowest BCUT2D eigenvalue weighted by Crippen LogP contribution is -2.14. The molecule has 2 aromatic carbocycles. The lowest BCUT2D eigenvalue weighted by Gasteiger charge is -2.16. The van der Waals surface area contributed by atoms with Crippen LogP contribution in [-0.2, 0) is 4.79 Å². The van der Waals surface area contributed by atoms with Gasteiger partial charge in [0.25, 0.3) is 0 Å². The highest BCUT2D eigenvalue weighted by Gasteiger charge is 2.20. The average Bonchev–Trinajstić information content (AvgIpc) is 2.85. The number of hydrogen-bond acceptors (Lipinski definition) is 2. The van der Waals surface area contributed by atoms with Crippen LogP contribution in [0.25, 0.3) is 22.4 Å². The maximum Gasteiger partial charge on any atom is 0.152 e. The molecule has 0 bridgehead atoms. The first kappa shape index (κ1) is 13.6. The predicted molar refractivity (Wildman–Crippen MR) is 85.3 cm³/mol. The molecule has 1 heterocycles. The van der Waals surface area contributed by atoms with Gasteiger partial charge in [-0.3, -0.25) is 4.79 Å². The number of aromatic nitrogens is 2. The quantitative estimate of drug-likeness (QED) is 0.721. The van der Waals surface area contributed by atoms with Gasteiger partial charge < -0.3 is 4.57 Å². The number of carbonyl (C=O) groups excluding carboxylic acids is 1. The molecule has 1 unspecified atom stereocenters. The lowest BCUT2D eigenvalue weighted by molar-refractivity contribution is -0.119. The molecule has 3 heteroatoms. The molecule has 0 amide bonds. The summed E-state index contributed by atoms with van der Waals surface area (Å²) in [7, 11) is 0. The Morgan fingerprint density at radius 2 is 1.76 bits per heavy atom. The molecule has 0 saturated carbocycles. The van der Waals surface area contributed by atoms with Crippen LogP contribution in [-0.4, -0.2) is 15.3 Å². The molecule has 3 aromatic rings. The number of benzene rings is 2. The molecule has 0 fully saturated rings. The third-order valence-electron chi connectivity index (χ3n) is 3.96. The Hall–Kier alpha value is -2.42. The first-order valence-corrected chi connectivity index (χ1v) is 7.13. The molecule has 0 saturated heterocycles. The van der Waals surface area contributed by atoms with E-state index in [2.05, 4.69) is 19.1 Å². The zero-order chi connectivity index (χ0) is 15.0. The Bertz CT molecular complexity index is 817. The number of hydrogen-bond donors (Lipinski definition) is 0. The summed E-state index contributed by atoms with van der Waals surface area (Å²) < 4.78 is 2.04. The summed E-state index contributed by atoms with van der Waals surface area (Å²) in [5.74, 6) is 0.991. The van der Waals surface area contributed by atoms with Gasteiger partial charge in [-0.25, -0.2) is 4.98 Å². The molecule has 0 aliphatic heterocycles. The van der Waals surface area contributed by atoms with E-state index in [1.807, 2.05) is 47.9 Å². The van der Waals surface area contributed by atoms with E-state index in [0.29, 0.717) is 0 Å². The topological polar surface area (TPSA) is 34.9 Å². The number of imidazole rings is 1. The van der Waals surface area contributed by atoms with Gasteiger partial charge >= 0.3 is 0 Å². The minimum absolute atomic E-state index is 0.132. The van der Waals surface area contributed by atoms with Crippen molar-refractivity contribution in [3.8, 4) is 11.4 Å². The van der Waals surface area contributed by atoms with Crippen molar-refractivity contribution in [3.63, 3.8) is 0 Å². The van der Waals surface area contributed by atoms with Gasteiger partial charge in [-0.2, -0.15) is 0 Å². The van der Waals surface area contributed by atoms with E-state index in [-0.39, 0.29) is 11.8 Å². The van der Waals surface area contributed by atoms with E-state index < -0.39 is 0 Å². The van der Waals surface area contributed by atoms with Crippen LogP contribution in [0.2, 0.25) is 0 Å². The molecule has 0 aliphatic carbocycles. The molecule has 3 rings (SSSR count). The van der Waals surface area contributed by atoms with Gasteiger partial charge in [0.1, 0.15) is 5.82 Å². The maximum absolute atomic E-state index is 11.9. The second-order valence-corrected chi connectivity index (χ2v) is 5.40. The minimum atomic E-state index is -0.230. The summed E-state index contributed by atoms with van der Waals surface area (Å²) >= 11 is 0. The largest absolute Gasteiger partial charge is 0.314 e. The molecular formula is C18H18N2O. The summed E-state index contributed by atoms with van der Waals surface area (Å²) in [4.78, 5) is 16.7. The van der Waals surface area contributed by atoms with Crippen molar-refractivity contribution in [1.29, 1.82) is 0 Å². The van der Waals surface area contributed by atoms with Crippen LogP contribution in [0.1, 0.15) is 25.5 Å². The fourth-order valence-corrected chi connectivity index (χ4v) is 2.63. The van der Waals surface area contributed by atoms with Crippen LogP contribution >= 0.6 is 0 Å². The summed E-state index contributed by atoms with van der Waals surface area (Å²) in [5.41, 5.74) is 4.15. The van der Waals surface area contributed by atoms with E-state index in [9.17, 15) is 4.79 Å². The van der Waals surface area contributed by atoms with Gasteiger partial charge in [-0.1, -0.05) is 36.4 Å². The fourth-order valence-electron chi connectivity index (χ4n) is 2.63. The number of ketones is 1. The average molecular weight is 278 g/mol. The van der Waals surface area contributed by atoms with Gasteiger partial charge in [-0.05, 0) is 38.5 Å². The van der Waals surface area contributed by atoms with Crippen molar-refractivity contribution < 1.29 is 4.79 Å². The number of carbonyl (C=O) groups is 1. The molecule has 0 aliphatic rings. The molecule has 1 atom stereocenters. The number of Topliss-reactive ketones (excluding diaryl/α,β-unsaturated/α-hetero) is 1. The van der Waals surface area contributed by atoms with E-state index in [0.717, 1.165) is 28.0 Å². The van der Waals surface area contributed by atoms with Gasteiger partial charge in [0.2, 0.25) is 0 Å². The van der Waals surface area contributed by atoms with Crippen LogP contribution in [0.15, 0.2) is 48.5 Å². The monoisotopic (exact) mass is 278 g/mol. The van der Waals surface area contributed by atoms with Gasteiger partial charge in [0.15, 0.2) is 5.78 Å². The van der Waals surface area contributed by atoms with Crippen LogP contribution < -0.4 is 0 Å². The molecule has 0 N–H and O–H groups in total. The fraction of sp³-hybridized carbons (Fsp3) is 0.222. The zero-order valence-electron chi connectivity index (χ0n) is 12.5. The molecule has 1 aromatic heterocycles. The standard InChI is InChI=1S/C18H18N2O/c1-12-8-4-5-9-15(12)18-19-16-10-6-7-11-17(16)20(18)13(2)14(3)21/h4-11,13H,1-3H3. The van der Waals surface area contributed by atoms with Crippen molar-refractivity contribution in [2.45, 2.75) is 26.8 Å². The van der Waals surface area contributed by atoms with Gasteiger partial charge in [0.05, 0.1) is 17.1 Å². The number of para-hydroxylation sites is 2. The highest BCUT2D eigenvalue weighted by Crippen LogP contribution is 2.30. The number of fused-ring (bicyclic) bond motifs is 1. The first-order chi connectivity index (χ1) is 10.1. The third-order valence-corrected chi connectivity index (χ3v) is 3.96. The van der Waals surface area contributed by atoms with Gasteiger partial charge in [0, 0.05) is 5.56 Å². The first-order valence-electron chi connectivity index (χ1n) is 7.13. The van der Waals surface area contributed by atoms with Crippen LogP contribution in [0.3, 0.4) is 0 Å². The lowest BCUT2D eigenvalue weighted by atomic mass is 10.1. The van der Waals surface area contributed by atoms with Crippen LogP contribution in [0.4, 0.5) is 0 Å². The van der Waals surface area contributed by atoms with Crippen LogP contribution in [0, 0.1) is 6.92 Å². The molecule has 0 radical (unpaired) electrons. The van der Waals surface area contributed by atoms with E-state index in [1.54, 1.807) is 6.92 Å². The van der Waals surface area contributed by atoms with E-state index in [4.69, 9.17) is 4.98 Å². The minimum Gasteiger partial charge on any atom is -0.314 e. The normalized spacial score (nSPS) is 12.5. The van der Waals surface area contributed by atoms with E-state index >= 15 is 0 Å². The summed E-state index contributed by atoms with van der Waals surface area (Å²) in [5, 5.41) is 0. The zero-order valence-corrected chi connectivity index (χ0v) is 12.5. The second-order valence-electron chi connectivity index (χ2n) is 5.40. The molecule has 0 spiro atoms. The molecule has 3 nitrogen and oxygen atoms in total. The molecule has 21 heavy (non-hydrogen) atoms. The Morgan fingerprint density at radius 1 is 1.10 bits per heavy atom.